The van der Waals surface area contributed by atoms with Crippen LogP contribution in [0.4, 0.5) is 11.6 Å². The molecule has 1 saturated carbocycles. The van der Waals surface area contributed by atoms with Gasteiger partial charge in [-0.05, 0) is 49.3 Å². The van der Waals surface area contributed by atoms with Gasteiger partial charge in [-0.1, -0.05) is 13.0 Å². The molecule has 2 aromatic rings. The Kier molecular flexibility index (Phi) is 5.85. The molecule has 31 heavy (non-hydrogen) atoms. The van der Waals surface area contributed by atoms with Crippen molar-refractivity contribution >= 4 is 11.6 Å². The Morgan fingerprint density at radius 3 is 2.81 bits per heavy atom. The van der Waals surface area contributed by atoms with Crippen LogP contribution in [0.2, 0.25) is 0 Å². The average molecular weight is 425 g/mol. The highest BCUT2D eigenvalue weighted by Gasteiger charge is 2.24. The maximum atomic E-state index is 6.31. The molecule has 166 valence electrons. The molecule has 0 radical (unpaired) electrons. The molecular formula is C24H32N4O3. The summed E-state index contributed by atoms with van der Waals surface area (Å²) < 4.78 is 17.7. The van der Waals surface area contributed by atoms with Crippen molar-refractivity contribution in [1.29, 1.82) is 0 Å². The van der Waals surface area contributed by atoms with Gasteiger partial charge >= 0.3 is 0 Å². The van der Waals surface area contributed by atoms with E-state index in [0.29, 0.717) is 31.1 Å². The van der Waals surface area contributed by atoms with Crippen molar-refractivity contribution in [1.82, 2.24) is 9.97 Å². The lowest BCUT2D eigenvalue weighted by molar-refractivity contribution is 0.138. The zero-order valence-corrected chi connectivity index (χ0v) is 18.5. The number of benzene rings is 1. The van der Waals surface area contributed by atoms with Gasteiger partial charge < -0.3 is 24.4 Å². The van der Waals surface area contributed by atoms with Crippen LogP contribution in [0.15, 0.2) is 24.4 Å². The number of anilines is 2. The van der Waals surface area contributed by atoms with E-state index in [9.17, 15) is 0 Å². The maximum absolute atomic E-state index is 6.31. The molecule has 1 atom stereocenters. The van der Waals surface area contributed by atoms with Gasteiger partial charge in [-0.25, -0.2) is 4.98 Å². The first-order valence-electron chi connectivity index (χ1n) is 11.5. The predicted octanol–water partition coefficient (Wildman–Crippen LogP) is 4.13. The molecule has 3 heterocycles. The molecule has 1 aliphatic carbocycles. The summed E-state index contributed by atoms with van der Waals surface area (Å²) in [7, 11) is 2.09. The lowest BCUT2D eigenvalue weighted by Gasteiger charge is -2.28. The van der Waals surface area contributed by atoms with Crippen molar-refractivity contribution in [3.8, 4) is 22.8 Å². The number of hydrogen-bond acceptors (Lipinski definition) is 7. The Morgan fingerprint density at radius 1 is 1.13 bits per heavy atom. The highest BCUT2D eigenvalue weighted by Crippen LogP contribution is 2.38. The van der Waals surface area contributed by atoms with Crippen molar-refractivity contribution < 1.29 is 14.2 Å². The van der Waals surface area contributed by atoms with E-state index in [2.05, 4.69) is 47.4 Å². The van der Waals surface area contributed by atoms with Crippen molar-refractivity contribution in [2.24, 2.45) is 5.92 Å². The molecule has 2 aliphatic heterocycles. The van der Waals surface area contributed by atoms with Crippen LogP contribution >= 0.6 is 0 Å². The van der Waals surface area contributed by atoms with Crippen LogP contribution in [0.1, 0.15) is 39.0 Å². The van der Waals surface area contributed by atoms with Gasteiger partial charge in [-0.3, -0.25) is 0 Å². The van der Waals surface area contributed by atoms with E-state index in [1.54, 1.807) is 0 Å². The third-order valence-corrected chi connectivity index (χ3v) is 6.64. The third kappa shape index (κ3) is 4.56. The van der Waals surface area contributed by atoms with Crippen molar-refractivity contribution in [2.45, 2.75) is 51.2 Å². The predicted molar refractivity (Wildman–Crippen MR) is 121 cm³/mol. The van der Waals surface area contributed by atoms with Gasteiger partial charge in [0.25, 0.3) is 0 Å². The van der Waals surface area contributed by atoms with Gasteiger partial charge in [-0.15, -0.1) is 0 Å². The van der Waals surface area contributed by atoms with E-state index >= 15 is 0 Å². The van der Waals surface area contributed by atoms with Crippen molar-refractivity contribution in [2.75, 3.05) is 43.6 Å². The number of nitrogens with zero attached hydrogens (tertiary/aromatic N) is 3. The summed E-state index contributed by atoms with van der Waals surface area (Å²) in [4.78, 5) is 11.7. The minimum Gasteiger partial charge on any atom is -0.490 e. The van der Waals surface area contributed by atoms with Crippen LogP contribution in [0, 0.1) is 5.92 Å². The molecule has 7 heteroatoms. The average Bonchev–Trinajstić information content (AvgIpc) is 3.29. The van der Waals surface area contributed by atoms with Gasteiger partial charge in [0.05, 0.1) is 31.0 Å². The van der Waals surface area contributed by atoms with Gasteiger partial charge in [0, 0.05) is 25.7 Å². The molecule has 2 fully saturated rings. The molecule has 1 saturated heterocycles. The summed E-state index contributed by atoms with van der Waals surface area (Å²) in [5, 5.41) is 3.54. The Labute approximate surface area is 184 Å². The number of aromatic nitrogens is 2. The quantitative estimate of drug-likeness (QED) is 0.774. The van der Waals surface area contributed by atoms with Crippen molar-refractivity contribution in [3.05, 3.63) is 24.4 Å². The molecule has 5 rings (SSSR count). The molecule has 0 unspecified atom stereocenters. The van der Waals surface area contributed by atoms with Crippen LogP contribution in [0.5, 0.6) is 11.6 Å². The van der Waals surface area contributed by atoms with E-state index in [0.717, 1.165) is 60.9 Å². The zero-order valence-electron chi connectivity index (χ0n) is 18.5. The highest BCUT2D eigenvalue weighted by molar-refractivity contribution is 5.74. The second kappa shape index (κ2) is 8.91. The summed E-state index contributed by atoms with van der Waals surface area (Å²) in [6, 6.07) is 6.69. The van der Waals surface area contributed by atoms with Crippen LogP contribution < -0.4 is 19.7 Å². The lowest BCUT2D eigenvalue weighted by Crippen LogP contribution is -2.28. The molecule has 3 aliphatic rings. The lowest BCUT2D eigenvalue weighted by atomic mass is 9.87. The number of hydrogen-bond donors (Lipinski definition) is 1. The number of ether oxygens (including phenoxy) is 3. The van der Waals surface area contributed by atoms with Gasteiger partial charge in [0.15, 0.2) is 0 Å². The number of fused-ring (bicyclic) bond motifs is 1. The molecule has 0 bridgehead atoms. The van der Waals surface area contributed by atoms with E-state index in [4.69, 9.17) is 19.2 Å². The molecule has 1 aromatic carbocycles. The molecule has 1 N–H and O–H groups in total. The summed E-state index contributed by atoms with van der Waals surface area (Å²) in [6.07, 6.45) is 7.61. The van der Waals surface area contributed by atoms with E-state index < -0.39 is 0 Å². The Bertz CT molecular complexity index is 908. The maximum Gasteiger partial charge on any atom is 0.226 e. The standard InChI is InChI=1S/C24H32N4O3/c1-16-3-6-18(7-4-16)26-24-25-14-20(23(27-24)31-19-9-11-29-15-19)17-5-8-21-22(13-17)30-12-10-28(21)2/h5,8,13-14,16,18-19H,3-4,6-7,9-12,15H2,1-2H3,(H,25,26,27)/t16?,18?,19-/m1/s1. The van der Waals surface area contributed by atoms with Gasteiger partial charge in [-0.2, -0.15) is 4.98 Å². The molecular weight excluding hydrogens is 392 g/mol. The molecule has 0 amide bonds. The number of rotatable bonds is 5. The topological polar surface area (TPSA) is 68.7 Å². The van der Waals surface area contributed by atoms with Crippen LogP contribution in [-0.2, 0) is 4.74 Å². The monoisotopic (exact) mass is 424 g/mol. The fraction of sp³-hybridized carbons (Fsp3) is 0.583. The first kappa shape index (κ1) is 20.4. The van der Waals surface area contributed by atoms with Gasteiger partial charge in [0.1, 0.15) is 18.5 Å². The zero-order chi connectivity index (χ0) is 21.2. The van der Waals surface area contributed by atoms with Crippen LogP contribution in [0.25, 0.3) is 11.1 Å². The second-order valence-electron chi connectivity index (χ2n) is 9.07. The van der Waals surface area contributed by atoms with Crippen LogP contribution in [0.3, 0.4) is 0 Å². The summed E-state index contributed by atoms with van der Waals surface area (Å²) in [6.45, 7) is 5.25. The number of nitrogens with one attached hydrogen (secondary N) is 1. The van der Waals surface area contributed by atoms with Crippen LogP contribution in [-0.4, -0.2) is 55.5 Å². The second-order valence-corrected chi connectivity index (χ2v) is 9.07. The first-order chi connectivity index (χ1) is 15.2. The van der Waals surface area contributed by atoms with Gasteiger partial charge in [0.2, 0.25) is 11.8 Å². The SMILES string of the molecule is CC1CCC(Nc2ncc(-c3ccc4c(c3)OCCN4C)c(O[C@@H]3CCOC3)n2)CC1. The Balaban J connectivity index is 1.43. The third-order valence-electron chi connectivity index (χ3n) is 6.64. The smallest absolute Gasteiger partial charge is 0.226 e. The largest absolute Gasteiger partial charge is 0.490 e. The Hall–Kier alpha value is -2.54. The molecule has 1 aromatic heterocycles. The van der Waals surface area contributed by atoms with Crippen molar-refractivity contribution in [3.63, 3.8) is 0 Å². The fourth-order valence-electron chi connectivity index (χ4n) is 4.60. The summed E-state index contributed by atoms with van der Waals surface area (Å²) in [5.74, 6) is 2.96. The normalized spacial score (nSPS) is 25.6. The summed E-state index contributed by atoms with van der Waals surface area (Å²) >= 11 is 0. The molecule has 0 spiro atoms. The Morgan fingerprint density at radius 2 is 2.00 bits per heavy atom. The molecule has 7 nitrogen and oxygen atoms in total. The first-order valence-corrected chi connectivity index (χ1v) is 11.5. The number of likely N-dealkylation sites (N-methyl/N-ethyl adjacent to an activating group) is 1. The summed E-state index contributed by atoms with van der Waals surface area (Å²) in [5.41, 5.74) is 2.99. The van der Waals surface area contributed by atoms with E-state index in [-0.39, 0.29) is 6.10 Å². The minimum atomic E-state index is 0.0250. The van der Waals surface area contributed by atoms with E-state index in [1.807, 2.05) is 6.20 Å². The highest BCUT2D eigenvalue weighted by atomic mass is 16.5. The minimum absolute atomic E-state index is 0.0250. The van der Waals surface area contributed by atoms with E-state index in [1.165, 1.54) is 12.8 Å². The fourth-order valence-corrected chi connectivity index (χ4v) is 4.60.